The van der Waals surface area contributed by atoms with Gasteiger partial charge in [-0.05, 0) is 6.07 Å². The second-order valence-corrected chi connectivity index (χ2v) is 5.60. The number of fused-ring (bicyclic) bond motifs is 1. The van der Waals surface area contributed by atoms with Crippen molar-refractivity contribution in [1.82, 2.24) is 9.97 Å². The molecule has 6 nitrogen and oxygen atoms in total. The molecule has 2 N–H and O–H groups in total. The zero-order chi connectivity index (χ0) is 15.1. The van der Waals surface area contributed by atoms with Crippen LogP contribution < -0.4 is 9.92 Å². The maximum absolute atomic E-state index is 12.2. The van der Waals surface area contributed by atoms with Gasteiger partial charge in [0.25, 0.3) is 0 Å². The van der Waals surface area contributed by atoms with E-state index in [-0.39, 0.29) is 16.2 Å². The fourth-order valence-electron chi connectivity index (χ4n) is 1.32. The Morgan fingerprint density at radius 1 is 1.25 bits per heavy atom. The quantitative estimate of drug-likeness (QED) is 0.496. The van der Waals surface area contributed by atoms with Crippen LogP contribution in [-0.4, -0.2) is 23.9 Å². The molecule has 20 heavy (non-hydrogen) atoms. The van der Waals surface area contributed by atoms with E-state index >= 15 is 0 Å². The molecule has 0 unspecified atom stereocenters. The average Bonchev–Trinajstić information content (AvgIpc) is 2.30. The minimum Gasteiger partial charge on any atom is -0.383 e. The molecule has 2 aromatic rings. The zero-order valence-electron chi connectivity index (χ0n) is 9.42. The standard InChI is InChI=1S/C9H6F3N3O3S2/c10-9(11,12)20(16,17)18-6-2-5-4(1-7(6)19)8(13)15-3-14-5/h1-3,19H,(H2,13,14,15). The van der Waals surface area contributed by atoms with E-state index in [0.717, 1.165) is 12.4 Å². The Hall–Kier alpha value is -1.75. The topological polar surface area (TPSA) is 95.2 Å². The lowest BCUT2D eigenvalue weighted by atomic mass is 10.2. The zero-order valence-corrected chi connectivity index (χ0v) is 11.1. The molecule has 1 heterocycles. The third-order valence-corrected chi connectivity index (χ3v) is 3.55. The van der Waals surface area contributed by atoms with Crippen molar-refractivity contribution < 1.29 is 25.8 Å². The molecule has 0 spiro atoms. The van der Waals surface area contributed by atoms with Crippen molar-refractivity contribution in [3.8, 4) is 5.75 Å². The number of thiol groups is 1. The largest absolute Gasteiger partial charge is 0.534 e. The molecule has 1 aromatic heterocycles. The normalized spacial score (nSPS) is 12.6. The number of anilines is 1. The number of hydrogen-bond acceptors (Lipinski definition) is 7. The number of rotatable bonds is 2. The molecule has 0 radical (unpaired) electrons. The van der Waals surface area contributed by atoms with E-state index in [1.807, 2.05) is 0 Å². The summed E-state index contributed by atoms with van der Waals surface area (Å²) in [7, 11) is -5.78. The van der Waals surface area contributed by atoms with Gasteiger partial charge in [0.2, 0.25) is 0 Å². The molecule has 11 heteroatoms. The summed E-state index contributed by atoms with van der Waals surface area (Å²) in [6, 6.07) is 2.20. The fourth-order valence-corrected chi connectivity index (χ4v) is 2.09. The molecule has 0 amide bonds. The van der Waals surface area contributed by atoms with Crippen LogP contribution in [0.4, 0.5) is 19.0 Å². The molecular weight excluding hydrogens is 319 g/mol. The lowest BCUT2D eigenvalue weighted by molar-refractivity contribution is -0.0500. The number of benzene rings is 1. The minimum atomic E-state index is -5.78. The van der Waals surface area contributed by atoms with Crippen molar-refractivity contribution in [3.63, 3.8) is 0 Å². The first-order valence-corrected chi connectivity index (χ1v) is 6.71. The van der Waals surface area contributed by atoms with Gasteiger partial charge < -0.3 is 9.92 Å². The van der Waals surface area contributed by atoms with Crippen LogP contribution in [0.25, 0.3) is 10.9 Å². The van der Waals surface area contributed by atoms with Crippen LogP contribution in [0.5, 0.6) is 5.75 Å². The highest BCUT2D eigenvalue weighted by Crippen LogP contribution is 2.33. The van der Waals surface area contributed by atoms with Gasteiger partial charge in [0.15, 0.2) is 5.75 Å². The highest BCUT2D eigenvalue weighted by Gasteiger charge is 2.48. The maximum atomic E-state index is 12.2. The maximum Gasteiger partial charge on any atom is 0.534 e. The van der Waals surface area contributed by atoms with Gasteiger partial charge >= 0.3 is 15.6 Å². The van der Waals surface area contributed by atoms with Gasteiger partial charge in [-0.1, -0.05) is 0 Å². The number of hydrogen-bond donors (Lipinski definition) is 2. The Kier molecular flexibility index (Phi) is 3.42. The Bertz CT molecular complexity index is 777. The Morgan fingerprint density at radius 3 is 2.50 bits per heavy atom. The highest BCUT2D eigenvalue weighted by molar-refractivity contribution is 7.88. The summed E-state index contributed by atoms with van der Waals surface area (Å²) in [6.45, 7) is 0. The molecule has 0 bridgehead atoms. The first-order valence-electron chi connectivity index (χ1n) is 4.86. The van der Waals surface area contributed by atoms with E-state index in [1.165, 1.54) is 6.07 Å². The summed E-state index contributed by atoms with van der Waals surface area (Å²) >= 11 is 3.86. The van der Waals surface area contributed by atoms with E-state index in [1.54, 1.807) is 0 Å². The van der Waals surface area contributed by atoms with Crippen LogP contribution in [0.15, 0.2) is 23.4 Å². The van der Waals surface area contributed by atoms with Gasteiger partial charge in [0.1, 0.15) is 12.1 Å². The first-order chi connectivity index (χ1) is 9.12. The van der Waals surface area contributed by atoms with E-state index < -0.39 is 21.4 Å². The summed E-state index contributed by atoms with van der Waals surface area (Å²) < 4.78 is 62.6. The van der Waals surface area contributed by atoms with Crippen molar-refractivity contribution in [1.29, 1.82) is 0 Å². The molecule has 0 saturated carbocycles. The second-order valence-electron chi connectivity index (χ2n) is 3.58. The van der Waals surface area contributed by atoms with E-state index in [4.69, 9.17) is 5.73 Å². The van der Waals surface area contributed by atoms with Crippen molar-refractivity contribution in [2.24, 2.45) is 0 Å². The van der Waals surface area contributed by atoms with Crippen molar-refractivity contribution in [2.45, 2.75) is 10.4 Å². The molecule has 0 saturated heterocycles. The van der Waals surface area contributed by atoms with Gasteiger partial charge in [0.05, 0.1) is 5.52 Å². The molecule has 108 valence electrons. The summed E-state index contributed by atoms with van der Waals surface area (Å²) in [5.41, 5.74) is 0.140. The molecule has 0 aliphatic rings. The molecule has 0 fully saturated rings. The van der Waals surface area contributed by atoms with Gasteiger partial charge in [-0.2, -0.15) is 21.6 Å². The highest BCUT2D eigenvalue weighted by atomic mass is 32.2. The number of nitrogens with two attached hydrogens (primary N) is 1. The number of halogens is 3. The second kappa shape index (κ2) is 4.66. The summed E-state index contributed by atoms with van der Waals surface area (Å²) in [4.78, 5) is 7.29. The van der Waals surface area contributed by atoms with E-state index in [9.17, 15) is 21.6 Å². The SMILES string of the molecule is Nc1ncnc2cc(OS(=O)(=O)C(F)(F)F)c(S)cc12. The predicted molar refractivity (Wildman–Crippen MR) is 66.8 cm³/mol. The number of nitrogen functional groups attached to an aromatic ring is 1. The molecule has 1 aromatic carbocycles. The van der Waals surface area contributed by atoms with Crippen molar-refractivity contribution in [2.75, 3.05) is 5.73 Å². The number of aromatic nitrogens is 2. The molecule has 2 rings (SSSR count). The van der Waals surface area contributed by atoms with E-state index in [0.29, 0.717) is 5.39 Å². The predicted octanol–water partition coefficient (Wildman–Crippen LogP) is 1.73. The molecular formula is C9H6F3N3O3S2. The summed E-state index contributed by atoms with van der Waals surface area (Å²) in [5, 5.41) is 0.314. The lowest BCUT2D eigenvalue weighted by Crippen LogP contribution is -2.28. The lowest BCUT2D eigenvalue weighted by Gasteiger charge is -2.11. The van der Waals surface area contributed by atoms with Crippen LogP contribution in [0.1, 0.15) is 0 Å². The molecule has 0 atom stereocenters. The summed E-state index contributed by atoms with van der Waals surface area (Å²) in [5.74, 6) is -0.521. The number of nitrogens with zero attached hydrogens (tertiary/aromatic N) is 2. The van der Waals surface area contributed by atoms with Gasteiger partial charge in [-0.15, -0.1) is 12.6 Å². The summed E-state index contributed by atoms with van der Waals surface area (Å²) in [6.07, 6.45) is 1.08. The molecule has 0 aliphatic carbocycles. The van der Waals surface area contributed by atoms with Gasteiger partial charge in [-0.3, -0.25) is 0 Å². The minimum absolute atomic E-state index is 0.0792. The van der Waals surface area contributed by atoms with Crippen molar-refractivity contribution >= 4 is 39.5 Å². The Morgan fingerprint density at radius 2 is 1.90 bits per heavy atom. The smallest absolute Gasteiger partial charge is 0.383 e. The van der Waals surface area contributed by atoms with Crippen LogP contribution in [0.2, 0.25) is 0 Å². The monoisotopic (exact) mass is 325 g/mol. The van der Waals surface area contributed by atoms with E-state index in [2.05, 4.69) is 26.8 Å². The van der Waals surface area contributed by atoms with Crippen LogP contribution in [0, 0.1) is 0 Å². The third-order valence-electron chi connectivity index (χ3n) is 2.23. The van der Waals surface area contributed by atoms with Crippen LogP contribution in [0.3, 0.4) is 0 Å². The van der Waals surface area contributed by atoms with Gasteiger partial charge in [0, 0.05) is 16.3 Å². The molecule has 0 aliphatic heterocycles. The van der Waals surface area contributed by atoms with Gasteiger partial charge in [-0.25, -0.2) is 9.97 Å². The van der Waals surface area contributed by atoms with Crippen molar-refractivity contribution in [3.05, 3.63) is 18.5 Å². The fraction of sp³-hybridized carbons (Fsp3) is 0.111. The Labute approximate surface area is 116 Å². The average molecular weight is 325 g/mol. The first kappa shape index (κ1) is 14.7. The van der Waals surface area contributed by atoms with Crippen LogP contribution in [-0.2, 0) is 10.1 Å². The number of alkyl halides is 3. The Balaban J connectivity index is 2.55. The van der Waals surface area contributed by atoms with Crippen LogP contribution >= 0.6 is 12.6 Å². The third kappa shape index (κ3) is 2.58.